The minimum atomic E-state index is -0.486. The van der Waals surface area contributed by atoms with Crippen molar-refractivity contribution in [3.63, 3.8) is 0 Å². The van der Waals surface area contributed by atoms with E-state index in [-0.39, 0.29) is 52.1 Å². The molecule has 2 N–H and O–H groups in total. The highest BCUT2D eigenvalue weighted by atomic mass is 16.5. The standard InChI is InChI=1S/C30H46N4O4/c1-27(2)13-22(14-28(3,4)33-27)37-25(35)20-11-9-19(10-12-20)21-17-31-24(32-18-21)26(36)38-23-15-29(5,6)34-30(7,8)16-23/h9,17-18,20,22-23,33-34H,10-16H2,1-8H3. The summed E-state index contributed by atoms with van der Waals surface area (Å²) < 4.78 is 11.8. The van der Waals surface area contributed by atoms with Crippen molar-refractivity contribution in [2.24, 2.45) is 5.92 Å². The summed E-state index contributed by atoms with van der Waals surface area (Å²) in [5.74, 6) is -0.640. The maximum Gasteiger partial charge on any atom is 0.376 e. The molecule has 2 fully saturated rings. The predicted octanol–water partition coefficient (Wildman–Crippen LogP) is 4.98. The Kier molecular flexibility index (Phi) is 7.80. The van der Waals surface area contributed by atoms with Crippen molar-refractivity contribution in [3.05, 3.63) is 29.9 Å². The second-order valence-corrected chi connectivity index (χ2v) is 14.2. The van der Waals surface area contributed by atoms with Crippen LogP contribution in [0, 0.1) is 5.92 Å². The normalized spacial score (nSPS) is 26.7. The van der Waals surface area contributed by atoms with Gasteiger partial charge in [0.1, 0.15) is 12.2 Å². The molecule has 210 valence electrons. The van der Waals surface area contributed by atoms with Crippen LogP contribution in [0.25, 0.3) is 5.57 Å². The lowest BCUT2D eigenvalue weighted by atomic mass is 9.81. The lowest BCUT2D eigenvalue weighted by Crippen LogP contribution is -2.59. The fourth-order valence-electron chi connectivity index (χ4n) is 7.00. The number of allylic oxidation sites excluding steroid dienone is 2. The van der Waals surface area contributed by atoms with Crippen LogP contribution in [0.2, 0.25) is 0 Å². The number of aromatic nitrogens is 2. The Hall–Kier alpha value is -2.32. The number of carbonyl (C=O) groups is 2. The van der Waals surface area contributed by atoms with Crippen LogP contribution in [0.4, 0.5) is 0 Å². The SMILES string of the molecule is CC1(C)CC(OC(=O)c2ncc(C3=CCC(C(=O)OC4CC(C)(C)NC(C)(C)C4)CC3)cn2)CC(C)(C)N1. The average molecular weight is 527 g/mol. The predicted molar refractivity (Wildman–Crippen MR) is 147 cm³/mol. The van der Waals surface area contributed by atoms with Gasteiger partial charge in [0.2, 0.25) is 5.82 Å². The van der Waals surface area contributed by atoms with Gasteiger partial charge < -0.3 is 20.1 Å². The van der Waals surface area contributed by atoms with E-state index in [9.17, 15) is 9.59 Å². The van der Waals surface area contributed by atoms with Crippen molar-refractivity contribution in [2.45, 2.75) is 135 Å². The number of rotatable bonds is 5. The molecule has 1 unspecified atom stereocenters. The van der Waals surface area contributed by atoms with Crippen molar-refractivity contribution < 1.29 is 19.1 Å². The Labute approximate surface area is 227 Å². The zero-order chi connectivity index (χ0) is 27.9. The highest BCUT2D eigenvalue weighted by molar-refractivity contribution is 5.85. The van der Waals surface area contributed by atoms with Crippen molar-refractivity contribution in [1.82, 2.24) is 20.6 Å². The Morgan fingerprint density at radius 3 is 1.71 bits per heavy atom. The van der Waals surface area contributed by atoms with Crippen LogP contribution in [0.5, 0.6) is 0 Å². The molecule has 0 saturated carbocycles. The van der Waals surface area contributed by atoms with E-state index >= 15 is 0 Å². The van der Waals surface area contributed by atoms with Gasteiger partial charge in [0.05, 0.1) is 5.92 Å². The highest BCUT2D eigenvalue weighted by Gasteiger charge is 2.41. The highest BCUT2D eigenvalue weighted by Crippen LogP contribution is 2.34. The second kappa shape index (κ2) is 10.3. The number of nitrogens with one attached hydrogen (secondary N) is 2. The van der Waals surface area contributed by atoms with Crippen molar-refractivity contribution in [2.75, 3.05) is 0 Å². The van der Waals surface area contributed by atoms with E-state index < -0.39 is 5.97 Å². The van der Waals surface area contributed by atoms with Crippen molar-refractivity contribution in [3.8, 4) is 0 Å². The Balaban J connectivity index is 1.31. The summed E-state index contributed by atoms with van der Waals surface area (Å²) in [4.78, 5) is 34.3. The smallest absolute Gasteiger partial charge is 0.376 e. The Morgan fingerprint density at radius 2 is 1.26 bits per heavy atom. The molecular weight excluding hydrogens is 480 g/mol. The fraction of sp³-hybridized carbons (Fsp3) is 0.733. The third kappa shape index (κ3) is 7.41. The molecule has 38 heavy (non-hydrogen) atoms. The lowest BCUT2D eigenvalue weighted by molar-refractivity contribution is -0.158. The molecule has 0 aromatic carbocycles. The number of hydrogen-bond donors (Lipinski definition) is 2. The minimum Gasteiger partial charge on any atom is -0.462 e. The van der Waals surface area contributed by atoms with Crippen LogP contribution in [0.3, 0.4) is 0 Å². The molecule has 0 amide bonds. The summed E-state index contributed by atoms with van der Waals surface area (Å²) in [7, 11) is 0. The molecule has 2 saturated heterocycles. The zero-order valence-electron chi connectivity index (χ0n) is 24.4. The second-order valence-electron chi connectivity index (χ2n) is 14.2. The van der Waals surface area contributed by atoms with Gasteiger partial charge >= 0.3 is 11.9 Å². The third-order valence-corrected chi connectivity index (χ3v) is 7.81. The van der Waals surface area contributed by atoms with Crippen molar-refractivity contribution >= 4 is 17.5 Å². The summed E-state index contributed by atoms with van der Waals surface area (Å²) in [5.41, 5.74) is 1.61. The zero-order valence-corrected chi connectivity index (χ0v) is 24.4. The molecule has 1 aromatic rings. The van der Waals surface area contributed by atoms with E-state index in [4.69, 9.17) is 9.47 Å². The number of carbonyl (C=O) groups excluding carboxylic acids is 2. The van der Waals surface area contributed by atoms with Crippen LogP contribution < -0.4 is 10.6 Å². The fourth-order valence-corrected chi connectivity index (χ4v) is 7.00. The topological polar surface area (TPSA) is 102 Å². The lowest BCUT2D eigenvalue weighted by Gasteiger charge is -2.46. The number of hydrogen-bond acceptors (Lipinski definition) is 8. The Morgan fingerprint density at radius 1 is 0.789 bits per heavy atom. The maximum absolute atomic E-state index is 12.9. The molecule has 2 aliphatic heterocycles. The molecule has 1 aliphatic carbocycles. The summed E-state index contributed by atoms with van der Waals surface area (Å²) >= 11 is 0. The van der Waals surface area contributed by atoms with Gasteiger partial charge in [-0.05, 0) is 80.2 Å². The van der Waals surface area contributed by atoms with Gasteiger partial charge in [-0.3, -0.25) is 4.79 Å². The molecule has 3 aliphatic rings. The first-order valence-corrected chi connectivity index (χ1v) is 14.0. The number of nitrogens with zero attached hydrogens (tertiary/aromatic N) is 2. The van der Waals surface area contributed by atoms with Crippen LogP contribution in [-0.4, -0.2) is 56.3 Å². The number of esters is 2. The summed E-state index contributed by atoms with van der Waals surface area (Å²) in [5, 5.41) is 7.23. The van der Waals surface area contributed by atoms with Crippen LogP contribution in [0.1, 0.15) is 117 Å². The molecule has 4 rings (SSSR count). The Bertz CT molecular complexity index is 1040. The quantitative estimate of drug-likeness (QED) is 0.518. The van der Waals surface area contributed by atoms with Crippen LogP contribution in [0.15, 0.2) is 18.5 Å². The summed E-state index contributed by atoms with van der Waals surface area (Å²) in [6.07, 6.45) is 10.4. The molecular formula is C30H46N4O4. The van der Waals surface area contributed by atoms with E-state index in [1.54, 1.807) is 12.4 Å². The summed E-state index contributed by atoms with van der Waals surface area (Å²) in [6.45, 7) is 17.1. The van der Waals surface area contributed by atoms with Gasteiger partial charge in [-0.1, -0.05) is 6.08 Å². The van der Waals surface area contributed by atoms with E-state index in [2.05, 4.69) is 82.1 Å². The number of ether oxygens (including phenoxy) is 2. The van der Waals surface area contributed by atoms with Gasteiger partial charge in [-0.25, -0.2) is 14.8 Å². The monoisotopic (exact) mass is 526 g/mol. The van der Waals surface area contributed by atoms with Gasteiger partial charge in [0, 0.05) is 65.8 Å². The molecule has 0 radical (unpaired) electrons. The van der Waals surface area contributed by atoms with Crippen LogP contribution in [-0.2, 0) is 14.3 Å². The van der Waals surface area contributed by atoms with E-state index in [0.29, 0.717) is 6.42 Å². The maximum atomic E-state index is 12.9. The van der Waals surface area contributed by atoms with Crippen molar-refractivity contribution in [1.29, 1.82) is 0 Å². The van der Waals surface area contributed by atoms with Gasteiger partial charge in [-0.15, -0.1) is 0 Å². The molecule has 0 bridgehead atoms. The minimum absolute atomic E-state index is 0.0638. The van der Waals surface area contributed by atoms with Gasteiger partial charge in [0.25, 0.3) is 0 Å². The summed E-state index contributed by atoms with van der Waals surface area (Å²) in [6, 6.07) is 0. The first kappa shape index (κ1) is 28.7. The first-order chi connectivity index (χ1) is 17.5. The largest absolute Gasteiger partial charge is 0.462 e. The van der Waals surface area contributed by atoms with Gasteiger partial charge in [0.15, 0.2) is 0 Å². The molecule has 8 heteroatoms. The molecule has 3 heterocycles. The molecule has 8 nitrogen and oxygen atoms in total. The molecule has 1 aromatic heterocycles. The third-order valence-electron chi connectivity index (χ3n) is 7.81. The number of piperidine rings is 2. The van der Waals surface area contributed by atoms with Crippen LogP contribution >= 0.6 is 0 Å². The first-order valence-electron chi connectivity index (χ1n) is 14.0. The van der Waals surface area contributed by atoms with E-state index in [1.807, 2.05) is 0 Å². The average Bonchev–Trinajstić information content (AvgIpc) is 2.75. The molecule has 1 atom stereocenters. The molecule has 0 spiro atoms. The van der Waals surface area contributed by atoms with Gasteiger partial charge in [-0.2, -0.15) is 0 Å². The van der Waals surface area contributed by atoms with E-state index in [1.165, 1.54) is 0 Å². The van der Waals surface area contributed by atoms with E-state index in [0.717, 1.165) is 49.7 Å².